The van der Waals surface area contributed by atoms with Crippen LogP contribution in [0, 0.1) is 17.4 Å². The molecule has 2 aromatic heterocycles. The summed E-state index contributed by atoms with van der Waals surface area (Å²) in [5.41, 5.74) is -0.178. The molecule has 0 spiro atoms. The van der Waals surface area contributed by atoms with Crippen molar-refractivity contribution in [1.29, 1.82) is 5.26 Å². The Balaban J connectivity index is 1.58. The number of alkyl halides is 3. The maximum atomic E-state index is 13.0. The molecule has 28 heavy (non-hydrogen) atoms. The number of ether oxygens (including phenoxy) is 1. The number of hydrogen-bond acceptors (Lipinski definition) is 6. The van der Waals surface area contributed by atoms with Gasteiger partial charge in [0.2, 0.25) is 11.8 Å². The second kappa shape index (κ2) is 6.54. The molecule has 2 atom stereocenters. The van der Waals surface area contributed by atoms with Crippen molar-refractivity contribution in [1.82, 2.24) is 19.5 Å². The van der Waals surface area contributed by atoms with Gasteiger partial charge in [0.1, 0.15) is 6.26 Å². The molecule has 1 N–H and O–H groups in total. The number of pyridine rings is 1. The monoisotopic (exact) mass is 396 g/mol. The van der Waals surface area contributed by atoms with Gasteiger partial charge in [0.15, 0.2) is 17.6 Å². The fraction of sp³-hybridized carbons (Fsp3) is 0.471. The zero-order valence-corrected chi connectivity index (χ0v) is 14.6. The standard InChI is InChI=1S/C17H16F4N6O/c18-13(17(19,20)21)8-28-12-2-1-5-27-14(12)23-15(25-27)24-16-4-3-11(6-16)7-26(9-16)10-22/h1-2,5,8,11H,3-4,6-7,9H2,(H,24,25)/b13-8-. The van der Waals surface area contributed by atoms with Crippen LogP contribution in [0.25, 0.3) is 5.65 Å². The van der Waals surface area contributed by atoms with Gasteiger partial charge in [0.25, 0.3) is 0 Å². The van der Waals surface area contributed by atoms with E-state index in [1.54, 1.807) is 11.1 Å². The average Bonchev–Trinajstić information content (AvgIpc) is 3.18. The van der Waals surface area contributed by atoms with E-state index >= 15 is 0 Å². The van der Waals surface area contributed by atoms with Gasteiger partial charge < -0.3 is 15.0 Å². The van der Waals surface area contributed by atoms with E-state index in [2.05, 4.69) is 21.6 Å². The minimum atomic E-state index is -5.11. The summed E-state index contributed by atoms with van der Waals surface area (Å²) in [6.45, 7) is 1.28. The predicted octanol–water partition coefficient (Wildman–Crippen LogP) is 3.23. The molecule has 1 aliphatic carbocycles. The fourth-order valence-corrected chi connectivity index (χ4v) is 3.95. The molecule has 1 saturated carbocycles. The predicted molar refractivity (Wildman–Crippen MR) is 89.7 cm³/mol. The van der Waals surface area contributed by atoms with Crippen molar-refractivity contribution in [2.75, 3.05) is 18.4 Å². The molecule has 2 bridgehead atoms. The van der Waals surface area contributed by atoms with Crippen LogP contribution in [0.4, 0.5) is 23.5 Å². The number of rotatable bonds is 4. The van der Waals surface area contributed by atoms with E-state index in [9.17, 15) is 22.8 Å². The minimum absolute atomic E-state index is 0.00327. The highest BCUT2D eigenvalue weighted by atomic mass is 19.4. The van der Waals surface area contributed by atoms with Gasteiger partial charge in [0, 0.05) is 12.7 Å². The Kier molecular flexibility index (Phi) is 4.28. The fourth-order valence-electron chi connectivity index (χ4n) is 3.95. The third kappa shape index (κ3) is 3.42. The van der Waals surface area contributed by atoms with Gasteiger partial charge in [-0.1, -0.05) is 0 Å². The molecule has 1 aliphatic heterocycles. The lowest BCUT2D eigenvalue weighted by Gasteiger charge is -2.38. The molecule has 0 aromatic carbocycles. The number of anilines is 1. The van der Waals surface area contributed by atoms with E-state index in [0.29, 0.717) is 12.5 Å². The van der Waals surface area contributed by atoms with Gasteiger partial charge in [-0.15, -0.1) is 5.10 Å². The van der Waals surface area contributed by atoms with Gasteiger partial charge >= 0.3 is 6.18 Å². The Morgan fingerprint density at radius 1 is 1.46 bits per heavy atom. The maximum absolute atomic E-state index is 13.0. The molecular formula is C17H16F4N6O. The van der Waals surface area contributed by atoms with Crippen molar-refractivity contribution >= 4 is 11.6 Å². The molecule has 148 valence electrons. The summed E-state index contributed by atoms with van der Waals surface area (Å²) in [5.74, 6) is -1.71. The van der Waals surface area contributed by atoms with E-state index in [1.165, 1.54) is 16.6 Å². The van der Waals surface area contributed by atoms with Gasteiger partial charge in [-0.2, -0.15) is 27.8 Å². The van der Waals surface area contributed by atoms with Gasteiger partial charge in [-0.05, 0) is 37.3 Å². The lowest BCUT2D eigenvalue weighted by atomic mass is 9.91. The van der Waals surface area contributed by atoms with E-state index in [1.807, 2.05) is 0 Å². The molecule has 0 radical (unpaired) electrons. The number of nitriles is 1. The van der Waals surface area contributed by atoms with Crippen molar-refractivity contribution < 1.29 is 22.3 Å². The lowest BCUT2D eigenvalue weighted by molar-refractivity contribution is -0.110. The Morgan fingerprint density at radius 2 is 2.29 bits per heavy atom. The van der Waals surface area contributed by atoms with Crippen LogP contribution in [0.1, 0.15) is 19.3 Å². The molecule has 7 nitrogen and oxygen atoms in total. The zero-order chi connectivity index (χ0) is 19.9. The highest BCUT2D eigenvalue weighted by Crippen LogP contribution is 2.41. The van der Waals surface area contributed by atoms with Crippen molar-refractivity contribution in [3.05, 3.63) is 30.4 Å². The molecule has 2 aliphatic rings. The summed E-state index contributed by atoms with van der Waals surface area (Å²) in [6.07, 6.45) is 1.39. The third-order valence-electron chi connectivity index (χ3n) is 5.09. The number of likely N-dealkylation sites (tertiary alicyclic amines) is 1. The van der Waals surface area contributed by atoms with Crippen LogP contribution in [0.3, 0.4) is 0 Å². The van der Waals surface area contributed by atoms with Gasteiger partial charge in [0.05, 0.1) is 12.1 Å². The second-order valence-corrected chi connectivity index (χ2v) is 7.15. The number of allylic oxidation sites excluding steroid dienone is 1. The number of nitrogens with one attached hydrogen (secondary N) is 1. The van der Waals surface area contributed by atoms with Crippen LogP contribution >= 0.6 is 0 Å². The first kappa shape index (κ1) is 18.3. The number of nitrogens with zero attached hydrogens (tertiary/aromatic N) is 5. The summed E-state index contributed by atoms with van der Waals surface area (Å²) in [4.78, 5) is 6.00. The molecule has 0 amide bonds. The second-order valence-electron chi connectivity index (χ2n) is 7.15. The van der Waals surface area contributed by atoms with Crippen LogP contribution in [-0.4, -0.2) is 44.3 Å². The van der Waals surface area contributed by atoms with E-state index in [4.69, 9.17) is 4.74 Å². The number of halogens is 4. The molecule has 1 saturated heterocycles. The first-order valence-corrected chi connectivity index (χ1v) is 8.66. The molecule has 2 fully saturated rings. The van der Waals surface area contributed by atoms with Crippen molar-refractivity contribution in [2.45, 2.75) is 31.0 Å². The van der Waals surface area contributed by atoms with Crippen molar-refractivity contribution in [2.24, 2.45) is 5.92 Å². The molecule has 2 aromatic rings. The van der Waals surface area contributed by atoms with Crippen LogP contribution in [0.2, 0.25) is 0 Å². The van der Waals surface area contributed by atoms with Crippen molar-refractivity contribution in [3.8, 4) is 11.9 Å². The summed E-state index contributed by atoms with van der Waals surface area (Å²) >= 11 is 0. The summed E-state index contributed by atoms with van der Waals surface area (Å²) in [6, 6.07) is 2.87. The first-order chi connectivity index (χ1) is 13.3. The highest BCUT2D eigenvalue weighted by Gasteiger charge is 2.45. The normalized spacial score (nSPS) is 25.0. The van der Waals surface area contributed by atoms with E-state index in [-0.39, 0.29) is 29.1 Å². The summed E-state index contributed by atoms with van der Waals surface area (Å²) in [5, 5.41) is 16.8. The topological polar surface area (TPSA) is 78.5 Å². The number of fused-ring (bicyclic) bond motifs is 3. The SMILES string of the molecule is N#CN1CC2CCC(Nc3nc4c(O/C=C(\F)C(F)(F)F)cccn4n3)(C2)C1. The molecule has 3 heterocycles. The smallest absolute Gasteiger partial charge is 0.446 e. The van der Waals surface area contributed by atoms with Gasteiger partial charge in [-0.3, -0.25) is 0 Å². The Hall–Kier alpha value is -3.03. The largest absolute Gasteiger partial charge is 0.458 e. The Labute approximate surface area is 157 Å². The Morgan fingerprint density at radius 3 is 3.04 bits per heavy atom. The molecule has 4 rings (SSSR count). The number of hydrogen-bond donors (Lipinski definition) is 1. The molecular weight excluding hydrogens is 380 g/mol. The first-order valence-electron chi connectivity index (χ1n) is 8.66. The quantitative estimate of drug-likeness (QED) is 0.486. The molecule has 2 unspecified atom stereocenters. The third-order valence-corrected chi connectivity index (χ3v) is 5.09. The number of aromatic nitrogens is 3. The molecule has 11 heteroatoms. The number of piperidine rings is 1. The lowest BCUT2D eigenvalue weighted by Crippen LogP contribution is -2.50. The van der Waals surface area contributed by atoms with Gasteiger partial charge in [-0.25, -0.2) is 4.52 Å². The van der Waals surface area contributed by atoms with Crippen LogP contribution in [-0.2, 0) is 0 Å². The summed E-state index contributed by atoms with van der Waals surface area (Å²) < 4.78 is 56.0. The Bertz CT molecular complexity index is 965. The van der Waals surface area contributed by atoms with E-state index < -0.39 is 12.0 Å². The van der Waals surface area contributed by atoms with Crippen LogP contribution in [0.5, 0.6) is 5.75 Å². The highest BCUT2D eigenvalue weighted by molar-refractivity contribution is 5.56. The average molecular weight is 396 g/mol. The van der Waals surface area contributed by atoms with Crippen LogP contribution in [0.15, 0.2) is 30.4 Å². The maximum Gasteiger partial charge on any atom is 0.446 e. The zero-order valence-electron chi connectivity index (χ0n) is 14.6. The van der Waals surface area contributed by atoms with Crippen molar-refractivity contribution in [3.63, 3.8) is 0 Å². The van der Waals surface area contributed by atoms with E-state index in [0.717, 1.165) is 25.8 Å². The van der Waals surface area contributed by atoms with Crippen LogP contribution < -0.4 is 10.1 Å². The summed E-state index contributed by atoms with van der Waals surface area (Å²) in [7, 11) is 0. The minimum Gasteiger partial charge on any atom is -0.458 e.